The largest absolute Gasteiger partial charge is 0.493 e. The Kier molecular flexibility index (Phi) is 6.12. The molecule has 0 spiro atoms. The maximum absolute atomic E-state index is 5.97. The Labute approximate surface area is 175 Å². The van der Waals surface area contributed by atoms with Crippen molar-refractivity contribution in [2.24, 2.45) is 0 Å². The van der Waals surface area contributed by atoms with E-state index in [4.69, 9.17) is 9.47 Å². The minimum Gasteiger partial charge on any atom is -0.493 e. The highest BCUT2D eigenvalue weighted by Gasteiger charge is 2.29. The molecule has 1 fully saturated rings. The summed E-state index contributed by atoms with van der Waals surface area (Å²) in [6, 6.07) is 13.7. The van der Waals surface area contributed by atoms with Crippen LogP contribution < -0.4 is 9.47 Å². The molecule has 1 atom stereocenters. The fourth-order valence-corrected chi connectivity index (χ4v) is 4.80. The molecule has 1 saturated heterocycles. The molecule has 0 amide bonds. The lowest BCUT2D eigenvalue weighted by molar-refractivity contribution is 0.0895. The Hall–Kier alpha value is -2.04. The van der Waals surface area contributed by atoms with Crippen molar-refractivity contribution in [3.63, 3.8) is 0 Å². The first-order chi connectivity index (χ1) is 14.1. The van der Waals surface area contributed by atoms with E-state index in [1.807, 2.05) is 0 Å². The van der Waals surface area contributed by atoms with Crippen LogP contribution in [0.3, 0.4) is 0 Å². The molecule has 1 unspecified atom stereocenters. The predicted molar refractivity (Wildman–Crippen MR) is 118 cm³/mol. The zero-order valence-corrected chi connectivity index (χ0v) is 18.3. The normalized spacial score (nSPS) is 20.4. The number of likely N-dealkylation sites (N-methyl/N-ethyl adjacent to an activating group) is 1. The topological polar surface area (TPSA) is 24.9 Å². The highest BCUT2D eigenvalue weighted by atomic mass is 16.5. The first-order valence-corrected chi connectivity index (χ1v) is 10.9. The van der Waals surface area contributed by atoms with Crippen molar-refractivity contribution < 1.29 is 9.47 Å². The second-order valence-corrected chi connectivity index (χ2v) is 8.70. The van der Waals surface area contributed by atoms with Crippen LogP contribution in [0.5, 0.6) is 11.5 Å². The van der Waals surface area contributed by atoms with E-state index in [1.54, 1.807) is 7.11 Å². The number of piperazine rings is 1. The quantitative estimate of drug-likeness (QED) is 0.738. The average Bonchev–Trinajstić information content (AvgIpc) is 2.75. The Morgan fingerprint density at radius 3 is 2.76 bits per heavy atom. The summed E-state index contributed by atoms with van der Waals surface area (Å²) in [4.78, 5) is 5.13. The summed E-state index contributed by atoms with van der Waals surface area (Å²) in [7, 11) is 3.99. The molecule has 2 aromatic rings. The van der Waals surface area contributed by atoms with Gasteiger partial charge in [-0.2, -0.15) is 0 Å². The van der Waals surface area contributed by atoms with Gasteiger partial charge in [0, 0.05) is 37.8 Å². The van der Waals surface area contributed by atoms with Gasteiger partial charge in [-0.1, -0.05) is 44.2 Å². The van der Waals surface area contributed by atoms with Crippen LogP contribution in [0, 0.1) is 0 Å². The minimum atomic E-state index is 0.438. The molecule has 2 aliphatic rings. The van der Waals surface area contributed by atoms with Crippen LogP contribution in [0.15, 0.2) is 36.4 Å². The molecule has 0 aliphatic carbocycles. The highest BCUT2D eigenvalue weighted by Crippen LogP contribution is 2.38. The summed E-state index contributed by atoms with van der Waals surface area (Å²) < 4.78 is 11.5. The lowest BCUT2D eigenvalue weighted by Crippen LogP contribution is -2.46. The van der Waals surface area contributed by atoms with Crippen molar-refractivity contribution in [1.82, 2.24) is 9.80 Å². The highest BCUT2D eigenvalue weighted by molar-refractivity contribution is 5.51. The smallest absolute Gasteiger partial charge is 0.164 e. The van der Waals surface area contributed by atoms with E-state index in [2.05, 4.69) is 67.1 Å². The standard InChI is InChI=1S/C25H34N2O2/c1-18(2)20-8-5-6-9-22(20)23-17-27(14-13-26(23)3)16-19-11-12-24(28-4)25-21(19)10-7-15-29-25/h5-6,8-9,11-12,18,23H,7,10,13-17H2,1-4H3. The van der Waals surface area contributed by atoms with Crippen LogP contribution in [0.2, 0.25) is 0 Å². The van der Waals surface area contributed by atoms with Gasteiger partial charge in [0.2, 0.25) is 0 Å². The second-order valence-electron chi connectivity index (χ2n) is 8.70. The van der Waals surface area contributed by atoms with Gasteiger partial charge in [0.05, 0.1) is 13.7 Å². The molecule has 0 saturated carbocycles. The van der Waals surface area contributed by atoms with Crippen molar-refractivity contribution in [3.05, 3.63) is 58.7 Å². The molecular weight excluding hydrogens is 360 g/mol. The summed E-state index contributed by atoms with van der Waals surface area (Å²) >= 11 is 0. The molecule has 0 aromatic heterocycles. The molecule has 4 heteroatoms. The SMILES string of the molecule is COc1ccc(CN2CCN(C)C(c3ccccc3C(C)C)C2)c2c1OCCC2. The summed E-state index contributed by atoms with van der Waals surface area (Å²) in [5.41, 5.74) is 5.69. The van der Waals surface area contributed by atoms with Gasteiger partial charge in [0.1, 0.15) is 0 Å². The molecule has 0 N–H and O–H groups in total. The molecule has 4 nitrogen and oxygen atoms in total. The number of hydrogen-bond donors (Lipinski definition) is 0. The molecule has 29 heavy (non-hydrogen) atoms. The monoisotopic (exact) mass is 394 g/mol. The maximum Gasteiger partial charge on any atom is 0.164 e. The summed E-state index contributed by atoms with van der Waals surface area (Å²) in [5, 5.41) is 0. The zero-order chi connectivity index (χ0) is 20.4. The van der Waals surface area contributed by atoms with Crippen LogP contribution in [0.1, 0.15) is 54.5 Å². The fourth-order valence-electron chi connectivity index (χ4n) is 4.80. The number of fused-ring (bicyclic) bond motifs is 1. The zero-order valence-electron chi connectivity index (χ0n) is 18.3. The minimum absolute atomic E-state index is 0.438. The molecule has 0 radical (unpaired) electrons. The Bertz CT molecular complexity index is 849. The molecular formula is C25H34N2O2. The summed E-state index contributed by atoms with van der Waals surface area (Å²) in [5.74, 6) is 2.37. The van der Waals surface area contributed by atoms with Gasteiger partial charge in [-0.05, 0) is 48.6 Å². The van der Waals surface area contributed by atoms with E-state index in [9.17, 15) is 0 Å². The molecule has 2 aliphatic heterocycles. The number of nitrogens with zero attached hydrogens (tertiary/aromatic N) is 2. The molecule has 4 rings (SSSR count). The number of methoxy groups -OCH3 is 1. The van der Waals surface area contributed by atoms with Gasteiger partial charge in [0.25, 0.3) is 0 Å². The fraction of sp³-hybridized carbons (Fsp3) is 0.520. The van der Waals surface area contributed by atoms with E-state index in [0.717, 1.165) is 57.1 Å². The van der Waals surface area contributed by atoms with E-state index < -0.39 is 0 Å². The van der Waals surface area contributed by atoms with Gasteiger partial charge in [-0.25, -0.2) is 0 Å². The Morgan fingerprint density at radius 2 is 1.97 bits per heavy atom. The van der Waals surface area contributed by atoms with Crippen LogP contribution in [-0.4, -0.2) is 50.2 Å². The van der Waals surface area contributed by atoms with Crippen LogP contribution in [0.25, 0.3) is 0 Å². The number of rotatable bonds is 5. The van der Waals surface area contributed by atoms with Gasteiger partial charge >= 0.3 is 0 Å². The Morgan fingerprint density at radius 1 is 1.14 bits per heavy atom. The van der Waals surface area contributed by atoms with Gasteiger partial charge in [0.15, 0.2) is 11.5 Å². The van der Waals surface area contributed by atoms with Crippen LogP contribution in [0.4, 0.5) is 0 Å². The third-order valence-corrected chi connectivity index (χ3v) is 6.46. The third kappa shape index (κ3) is 4.15. The van der Waals surface area contributed by atoms with E-state index in [1.165, 1.54) is 22.3 Å². The first-order valence-electron chi connectivity index (χ1n) is 10.9. The van der Waals surface area contributed by atoms with Crippen molar-refractivity contribution in [1.29, 1.82) is 0 Å². The van der Waals surface area contributed by atoms with Crippen molar-refractivity contribution in [3.8, 4) is 11.5 Å². The van der Waals surface area contributed by atoms with Crippen LogP contribution in [-0.2, 0) is 13.0 Å². The number of ether oxygens (including phenoxy) is 2. The summed E-state index contributed by atoms with van der Waals surface area (Å²) in [6.07, 6.45) is 2.16. The van der Waals surface area contributed by atoms with Crippen molar-refractivity contribution in [2.45, 2.75) is 45.2 Å². The lowest BCUT2D eigenvalue weighted by Gasteiger charge is -2.41. The number of benzene rings is 2. The van der Waals surface area contributed by atoms with Crippen molar-refractivity contribution in [2.75, 3.05) is 40.4 Å². The average molecular weight is 395 g/mol. The van der Waals surface area contributed by atoms with Gasteiger partial charge in [-0.15, -0.1) is 0 Å². The van der Waals surface area contributed by atoms with Gasteiger partial charge < -0.3 is 9.47 Å². The van der Waals surface area contributed by atoms with Crippen LogP contribution >= 0.6 is 0 Å². The molecule has 156 valence electrons. The molecule has 0 bridgehead atoms. The van der Waals surface area contributed by atoms with E-state index in [0.29, 0.717) is 12.0 Å². The first kappa shape index (κ1) is 20.2. The number of hydrogen-bond acceptors (Lipinski definition) is 4. The molecule has 2 aromatic carbocycles. The maximum atomic E-state index is 5.97. The van der Waals surface area contributed by atoms with Crippen molar-refractivity contribution >= 4 is 0 Å². The molecule has 2 heterocycles. The Balaban J connectivity index is 1.57. The summed E-state index contributed by atoms with van der Waals surface area (Å²) in [6.45, 7) is 9.59. The van der Waals surface area contributed by atoms with E-state index in [-0.39, 0.29) is 0 Å². The van der Waals surface area contributed by atoms with E-state index >= 15 is 0 Å². The predicted octanol–water partition coefficient (Wildman–Crippen LogP) is 4.63. The third-order valence-electron chi connectivity index (χ3n) is 6.46. The lowest BCUT2D eigenvalue weighted by atomic mass is 9.91. The second kappa shape index (κ2) is 8.76. The van der Waals surface area contributed by atoms with Gasteiger partial charge in [-0.3, -0.25) is 9.80 Å².